The lowest BCUT2D eigenvalue weighted by molar-refractivity contribution is -0.145. The molecule has 0 saturated carbocycles. The van der Waals surface area contributed by atoms with Gasteiger partial charge in [0.15, 0.2) is 0 Å². The number of alkyl carbamates (subject to hydrolysis) is 1. The molecule has 0 heterocycles. The Morgan fingerprint density at radius 3 is 2.03 bits per heavy atom. The molecule has 0 aliphatic heterocycles. The molecule has 36 heavy (non-hydrogen) atoms. The number of amides is 4. The summed E-state index contributed by atoms with van der Waals surface area (Å²) >= 11 is 0. The van der Waals surface area contributed by atoms with E-state index in [1.807, 2.05) is 32.0 Å². The highest BCUT2D eigenvalue weighted by molar-refractivity contribution is 5.92. The zero-order valence-corrected chi connectivity index (χ0v) is 21.8. The van der Waals surface area contributed by atoms with Crippen LogP contribution in [0.2, 0.25) is 0 Å². The largest absolute Gasteiger partial charge is 0.467 e. The first-order valence-electron chi connectivity index (χ1n) is 11.8. The van der Waals surface area contributed by atoms with E-state index in [0.29, 0.717) is 6.42 Å². The molecule has 0 aromatic heterocycles. The summed E-state index contributed by atoms with van der Waals surface area (Å²) < 4.78 is 9.84. The van der Waals surface area contributed by atoms with Gasteiger partial charge in [0.2, 0.25) is 17.7 Å². The Labute approximate surface area is 212 Å². The first-order valence-corrected chi connectivity index (χ1v) is 11.8. The number of ether oxygens (including phenoxy) is 2. The van der Waals surface area contributed by atoms with Crippen LogP contribution in [0.3, 0.4) is 0 Å². The van der Waals surface area contributed by atoms with Gasteiger partial charge in [-0.25, -0.2) is 9.59 Å². The zero-order valence-electron chi connectivity index (χ0n) is 21.8. The third kappa shape index (κ3) is 12.7. The minimum atomic E-state index is -1.00. The number of carbonyl (C=O) groups excluding carboxylic acids is 5. The summed E-state index contributed by atoms with van der Waals surface area (Å²) in [6.07, 6.45) is -0.226. The molecule has 4 N–H and O–H groups in total. The summed E-state index contributed by atoms with van der Waals surface area (Å²) in [7, 11) is 1.24. The molecule has 4 amide bonds. The lowest BCUT2D eigenvalue weighted by atomic mass is 10.0. The molecule has 2 atom stereocenters. The van der Waals surface area contributed by atoms with Crippen LogP contribution in [0, 0.1) is 5.92 Å². The van der Waals surface area contributed by atoms with E-state index < -0.39 is 54.0 Å². The number of benzene rings is 1. The van der Waals surface area contributed by atoms with Gasteiger partial charge >= 0.3 is 12.1 Å². The molecule has 0 bridgehead atoms. The van der Waals surface area contributed by atoms with Crippen LogP contribution in [-0.4, -0.2) is 67.7 Å². The maximum Gasteiger partial charge on any atom is 0.408 e. The molecule has 1 rings (SSSR count). The number of carbonyl (C=O) groups is 5. The van der Waals surface area contributed by atoms with Crippen molar-refractivity contribution in [2.45, 2.75) is 65.1 Å². The second-order valence-corrected chi connectivity index (χ2v) is 9.66. The first-order chi connectivity index (χ1) is 16.8. The number of methoxy groups -OCH3 is 1. The van der Waals surface area contributed by atoms with Crippen LogP contribution in [0.1, 0.15) is 46.6 Å². The van der Waals surface area contributed by atoms with Crippen molar-refractivity contribution in [3.05, 3.63) is 35.9 Å². The maximum absolute atomic E-state index is 13.0. The van der Waals surface area contributed by atoms with Gasteiger partial charge in [-0.2, -0.15) is 0 Å². The van der Waals surface area contributed by atoms with E-state index in [4.69, 9.17) is 9.47 Å². The average Bonchev–Trinajstić information content (AvgIpc) is 2.79. The van der Waals surface area contributed by atoms with Gasteiger partial charge in [0.05, 0.1) is 13.7 Å². The Hall–Kier alpha value is -3.63. The molecule has 0 aliphatic carbocycles. The van der Waals surface area contributed by atoms with Crippen LogP contribution in [0.25, 0.3) is 0 Å². The van der Waals surface area contributed by atoms with Crippen LogP contribution >= 0.6 is 0 Å². The molecular weight excluding hydrogens is 468 g/mol. The van der Waals surface area contributed by atoms with Crippen molar-refractivity contribution >= 4 is 29.8 Å². The molecule has 11 nitrogen and oxygen atoms in total. The summed E-state index contributed by atoms with van der Waals surface area (Å²) in [6.45, 7) is 8.09. The lowest BCUT2D eigenvalue weighted by Crippen LogP contribution is -2.54. The highest BCUT2D eigenvalue weighted by atomic mass is 16.6. The topological polar surface area (TPSA) is 152 Å². The van der Waals surface area contributed by atoms with Crippen LogP contribution in [0.5, 0.6) is 0 Å². The SMILES string of the molecule is COC(=O)[C@@H](CC(C)C)NC(=O)[C@H](Cc1ccccc1)NC(=O)CNC(=O)CNC(=O)OC(C)(C)C. The fraction of sp³-hybridized carbons (Fsp3) is 0.560. The van der Waals surface area contributed by atoms with Gasteiger partial charge in [0.1, 0.15) is 24.2 Å². The van der Waals surface area contributed by atoms with Crippen LogP contribution in [-0.2, 0) is 35.1 Å². The summed E-state index contributed by atoms with van der Waals surface area (Å²) in [5.41, 5.74) is 0.0821. The molecule has 0 radical (unpaired) electrons. The van der Waals surface area contributed by atoms with Crippen molar-refractivity contribution in [2.24, 2.45) is 5.92 Å². The minimum Gasteiger partial charge on any atom is -0.467 e. The molecular formula is C25H38N4O7. The van der Waals surface area contributed by atoms with Gasteiger partial charge in [0.25, 0.3) is 0 Å². The predicted octanol–water partition coefficient (Wildman–Crippen LogP) is 1.06. The molecule has 200 valence electrons. The van der Waals surface area contributed by atoms with Gasteiger partial charge < -0.3 is 30.7 Å². The Bertz CT molecular complexity index is 897. The molecule has 0 saturated heterocycles. The number of hydrogen-bond acceptors (Lipinski definition) is 7. The molecule has 0 fully saturated rings. The van der Waals surface area contributed by atoms with Gasteiger partial charge in [-0.05, 0) is 38.7 Å². The molecule has 11 heteroatoms. The maximum atomic E-state index is 13.0. The van der Waals surface area contributed by atoms with Crippen molar-refractivity contribution in [1.82, 2.24) is 21.3 Å². The molecule has 1 aromatic rings. The normalized spacial score (nSPS) is 12.6. The first kappa shape index (κ1) is 30.4. The van der Waals surface area contributed by atoms with Crippen molar-refractivity contribution in [1.29, 1.82) is 0 Å². The van der Waals surface area contributed by atoms with Gasteiger partial charge in [-0.3, -0.25) is 14.4 Å². The number of rotatable bonds is 12. The Balaban J connectivity index is 2.76. The fourth-order valence-electron chi connectivity index (χ4n) is 3.11. The van der Waals surface area contributed by atoms with Gasteiger partial charge in [-0.15, -0.1) is 0 Å². The van der Waals surface area contributed by atoms with Crippen molar-refractivity contribution in [3.8, 4) is 0 Å². The fourth-order valence-corrected chi connectivity index (χ4v) is 3.11. The third-order valence-electron chi connectivity index (χ3n) is 4.68. The van der Waals surface area contributed by atoms with Crippen LogP contribution in [0.15, 0.2) is 30.3 Å². The summed E-state index contributed by atoms with van der Waals surface area (Å²) in [4.78, 5) is 61.3. The Morgan fingerprint density at radius 2 is 1.47 bits per heavy atom. The summed E-state index contributed by atoms with van der Waals surface area (Å²) in [5.74, 6) is -2.24. The van der Waals surface area contributed by atoms with Crippen molar-refractivity contribution in [3.63, 3.8) is 0 Å². The quantitative estimate of drug-likeness (QED) is 0.309. The van der Waals surface area contributed by atoms with E-state index in [0.717, 1.165) is 5.56 Å². The van der Waals surface area contributed by atoms with Crippen LogP contribution in [0.4, 0.5) is 4.79 Å². The second-order valence-electron chi connectivity index (χ2n) is 9.66. The summed E-state index contributed by atoms with van der Waals surface area (Å²) in [6, 6.07) is 7.19. The smallest absolute Gasteiger partial charge is 0.408 e. The van der Waals surface area contributed by atoms with Crippen molar-refractivity contribution < 1.29 is 33.4 Å². The lowest BCUT2D eigenvalue weighted by Gasteiger charge is -2.23. The van der Waals surface area contributed by atoms with E-state index in [1.165, 1.54) is 7.11 Å². The molecule has 0 spiro atoms. The van der Waals surface area contributed by atoms with Gasteiger partial charge in [-0.1, -0.05) is 44.2 Å². The molecule has 0 unspecified atom stereocenters. The predicted molar refractivity (Wildman–Crippen MR) is 133 cm³/mol. The van der Waals surface area contributed by atoms with Crippen LogP contribution < -0.4 is 21.3 Å². The van der Waals surface area contributed by atoms with Crippen molar-refractivity contribution in [2.75, 3.05) is 20.2 Å². The van der Waals surface area contributed by atoms with Gasteiger partial charge in [0, 0.05) is 6.42 Å². The third-order valence-corrected chi connectivity index (χ3v) is 4.68. The van der Waals surface area contributed by atoms with E-state index in [-0.39, 0.29) is 18.9 Å². The Kier molecular flexibility index (Phi) is 12.4. The Morgan fingerprint density at radius 1 is 0.861 bits per heavy atom. The monoisotopic (exact) mass is 506 g/mol. The number of esters is 1. The van der Waals surface area contributed by atoms with E-state index in [2.05, 4.69) is 21.3 Å². The highest BCUT2D eigenvalue weighted by Gasteiger charge is 2.28. The second kappa shape index (κ2) is 14.7. The zero-order chi connectivity index (χ0) is 27.3. The minimum absolute atomic E-state index is 0.112. The highest BCUT2D eigenvalue weighted by Crippen LogP contribution is 2.09. The molecule has 1 aromatic carbocycles. The van der Waals surface area contributed by atoms with E-state index in [1.54, 1.807) is 32.9 Å². The van der Waals surface area contributed by atoms with E-state index in [9.17, 15) is 24.0 Å². The standard InChI is InChI=1S/C25H38N4O7/c1-16(2)12-19(23(33)35-6)29-22(32)18(13-17-10-8-7-9-11-17)28-21(31)15-26-20(30)14-27-24(34)36-25(3,4)5/h7-11,16,18-19H,12-15H2,1-6H3,(H,26,30)(H,27,34)(H,28,31)(H,29,32)/t18-,19+/m0/s1. The summed E-state index contributed by atoms with van der Waals surface area (Å²) in [5, 5.41) is 9.94. The average molecular weight is 507 g/mol. The number of hydrogen-bond donors (Lipinski definition) is 4. The number of nitrogens with one attached hydrogen (secondary N) is 4. The van der Waals surface area contributed by atoms with E-state index >= 15 is 0 Å². The molecule has 0 aliphatic rings.